The normalized spacial score (nSPS) is 19.0. The number of aliphatic hydroxyl groups excluding tert-OH is 1. The van der Waals surface area contributed by atoms with Crippen LogP contribution in [0.1, 0.15) is 24.3 Å². The highest BCUT2D eigenvalue weighted by Gasteiger charge is 2.40. The van der Waals surface area contributed by atoms with Crippen molar-refractivity contribution in [2.45, 2.75) is 26.0 Å². The molecule has 2 saturated heterocycles. The number of carbonyl (C=O) groups excluding carboxylic acids is 1. The van der Waals surface area contributed by atoms with Gasteiger partial charge in [0.2, 0.25) is 5.88 Å². The SMILES string of the molecule is COC1CN(c2ccc(C(=O)NC(COCF)C(C)C)nc2OCC2(CO)COC2)C1. The van der Waals surface area contributed by atoms with Crippen LogP contribution in [0.5, 0.6) is 5.88 Å². The Balaban J connectivity index is 1.75. The third-order valence-corrected chi connectivity index (χ3v) is 5.76. The molecular weight excluding hydrogens is 409 g/mol. The zero-order valence-corrected chi connectivity index (χ0v) is 18.3. The summed E-state index contributed by atoms with van der Waals surface area (Å²) in [6, 6.07) is 3.09. The zero-order chi connectivity index (χ0) is 22.4. The van der Waals surface area contributed by atoms with Crippen molar-refractivity contribution in [2.24, 2.45) is 11.3 Å². The molecule has 0 aliphatic carbocycles. The molecule has 174 valence electrons. The molecule has 0 radical (unpaired) electrons. The average molecular weight is 442 g/mol. The maximum absolute atomic E-state index is 12.8. The number of hydrogen-bond acceptors (Lipinski definition) is 8. The number of halogens is 1. The minimum atomic E-state index is -0.904. The molecular formula is C21H32FN3O6. The number of hydrogen-bond donors (Lipinski definition) is 2. The summed E-state index contributed by atoms with van der Waals surface area (Å²) < 4.78 is 33.8. The summed E-state index contributed by atoms with van der Waals surface area (Å²) in [4.78, 5) is 19.3. The maximum atomic E-state index is 12.8. The van der Waals surface area contributed by atoms with Crippen LogP contribution in [0.25, 0.3) is 0 Å². The van der Waals surface area contributed by atoms with Gasteiger partial charge in [0.05, 0.1) is 44.0 Å². The van der Waals surface area contributed by atoms with E-state index in [1.165, 1.54) is 0 Å². The van der Waals surface area contributed by atoms with Gasteiger partial charge in [-0.05, 0) is 18.1 Å². The van der Waals surface area contributed by atoms with E-state index in [-0.39, 0.29) is 49.5 Å². The molecule has 31 heavy (non-hydrogen) atoms. The zero-order valence-electron chi connectivity index (χ0n) is 18.3. The Hall–Kier alpha value is -2.01. The van der Waals surface area contributed by atoms with E-state index in [0.29, 0.717) is 32.2 Å². The first-order valence-electron chi connectivity index (χ1n) is 10.5. The van der Waals surface area contributed by atoms with Gasteiger partial charge in [-0.25, -0.2) is 9.37 Å². The lowest BCUT2D eigenvalue weighted by atomic mass is 9.88. The number of alkyl halides is 1. The molecule has 0 spiro atoms. The molecule has 10 heteroatoms. The molecule has 2 N–H and O–H groups in total. The number of carbonyl (C=O) groups is 1. The Morgan fingerprint density at radius 3 is 2.71 bits per heavy atom. The fraction of sp³-hybridized carbons (Fsp3) is 0.714. The number of rotatable bonds is 12. The Kier molecular flexibility index (Phi) is 8.04. The lowest BCUT2D eigenvalue weighted by Crippen LogP contribution is -2.52. The highest BCUT2D eigenvalue weighted by atomic mass is 19.1. The second kappa shape index (κ2) is 10.5. The van der Waals surface area contributed by atoms with Crippen LogP contribution in [-0.2, 0) is 14.2 Å². The molecule has 1 aromatic rings. The maximum Gasteiger partial charge on any atom is 0.270 e. The lowest BCUT2D eigenvalue weighted by molar-refractivity contribution is -0.153. The highest BCUT2D eigenvalue weighted by molar-refractivity contribution is 5.93. The van der Waals surface area contributed by atoms with Crippen molar-refractivity contribution in [1.82, 2.24) is 10.3 Å². The molecule has 2 fully saturated rings. The van der Waals surface area contributed by atoms with Gasteiger partial charge in [0, 0.05) is 20.2 Å². The van der Waals surface area contributed by atoms with Crippen LogP contribution < -0.4 is 15.0 Å². The molecule has 0 bridgehead atoms. The fourth-order valence-corrected chi connectivity index (χ4v) is 3.34. The summed E-state index contributed by atoms with van der Waals surface area (Å²) in [6.07, 6.45) is 0.141. The number of aliphatic hydroxyl groups is 1. The summed E-state index contributed by atoms with van der Waals surface area (Å²) in [5, 5.41) is 12.5. The van der Waals surface area contributed by atoms with Crippen LogP contribution in [0.15, 0.2) is 12.1 Å². The second-order valence-electron chi connectivity index (χ2n) is 8.53. The minimum absolute atomic E-state index is 0.0530. The third kappa shape index (κ3) is 5.62. The molecule has 2 aliphatic heterocycles. The van der Waals surface area contributed by atoms with Crippen molar-refractivity contribution in [3.63, 3.8) is 0 Å². The second-order valence-corrected chi connectivity index (χ2v) is 8.53. The summed E-state index contributed by atoms with van der Waals surface area (Å²) >= 11 is 0. The van der Waals surface area contributed by atoms with Crippen molar-refractivity contribution in [3.05, 3.63) is 17.8 Å². The van der Waals surface area contributed by atoms with Crippen LogP contribution in [0.3, 0.4) is 0 Å². The Labute approximate surface area is 181 Å². The molecule has 1 atom stereocenters. The van der Waals surface area contributed by atoms with Gasteiger partial charge in [0.25, 0.3) is 5.91 Å². The van der Waals surface area contributed by atoms with Crippen LogP contribution in [0, 0.1) is 11.3 Å². The summed E-state index contributed by atoms with van der Waals surface area (Å²) in [7, 11) is 1.67. The number of amides is 1. The number of methoxy groups -OCH3 is 1. The molecule has 1 amide bonds. The minimum Gasteiger partial charge on any atom is -0.475 e. The Morgan fingerprint density at radius 1 is 1.42 bits per heavy atom. The van der Waals surface area contributed by atoms with E-state index in [1.54, 1.807) is 19.2 Å². The van der Waals surface area contributed by atoms with Crippen molar-refractivity contribution in [3.8, 4) is 5.88 Å². The van der Waals surface area contributed by atoms with Gasteiger partial charge in [-0.2, -0.15) is 0 Å². The van der Waals surface area contributed by atoms with Gasteiger partial charge in [-0.15, -0.1) is 0 Å². The number of aromatic nitrogens is 1. The Morgan fingerprint density at radius 2 is 2.16 bits per heavy atom. The first-order valence-corrected chi connectivity index (χ1v) is 10.5. The standard InChI is InChI=1S/C21H32FN3O6/c1-14(2)17(8-29-13-22)23-19(27)16-4-5-18(25-6-15(7-25)28-3)20(24-16)31-12-21(9-26)10-30-11-21/h4-5,14-15,17,26H,6-13H2,1-3H3,(H,23,27). The molecule has 0 aromatic carbocycles. The van der Waals surface area contributed by atoms with Crippen molar-refractivity contribution < 1.29 is 33.2 Å². The van der Waals surface area contributed by atoms with Crippen molar-refractivity contribution in [2.75, 3.05) is 65.0 Å². The van der Waals surface area contributed by atoms with E-state index in [4.69, 9.17) is 18.9 Å². The van der Waals surface area contributed by atoms with Gasteiger partial charge < -0.3 is 34.3 Å². The average Bonchev–Trinajstić information content (AvgIpc) is 2.70. The van der Waals surface area contributed by atoms with Gasteiger partial charge >= 0.3 is 0 Å². The van der Waals surface area contributed by atoms with Crippen molar-refractivity contribution in [1.29, 1.82) is 0 Å². The van der Waals surface area contributed by atoms with E-state index in [1.807, 2.05) is 13.8 Å². The summed E-state index contributed by atoms with van der Waals surface area (Å²) in [5.41, 5.74) is 0.504. The predicted molar refractivity (Wildman–Crippen MR) is 111 cm³/mol. The van der Waals surface area contributed by atoms with Crippen molar-refractivity contribution >= 4 is 11.6 Å². The van der Waals surface area contributed by atoms with Crippen LogP contribution in [0.4, 0.5) is 10.1 Å². The largest absolute Gasteiger partial charge is 0.475 e. The first-order chi connectivity index (χ1) is 14.9. The summed E-state index contributed by atoms with van der Waals surface area (Å²) in [5.74, 6) is -0.0107. The molecule has 9 nitrogen and oxygen atoms in total. The molecule has 0 saturated carbocycles. The highest BCUT2D eigenvalue weighted by Crippen LogP contribution is 2.34. The number of anilines is 1. The number of nitrogens with zero attached hydrogens (tertiary/aromatic N) is 2. The number of ether oxygens (including phenoxy) is 4. The topological polar surface area (TPSA) is 102 Å². The monoisotopic (exact) mass is 441 g/mol. The van der Waals surface area contributed by atoms with E-state index in [9.17, 15) is 14.3 Å². The lowest BCUT2D eigenvalue weighted by Gasteiger charge is -2.41. The predicted octanol–water partition coefficient (Wildman–Crippen LogP) is 1.00. The van der Waals surface area contributed by atoms with Crippen LogP contribution in [-0.4, -0.2) is 88.2 Å². The van der Waals surface area contributed by atoms with Gasteiger partial charge in [-0.3, -0.25) is 4.79 Å². The van der Waals surface area contributed by atoms with E-state index >= 15 is 0 Å². The molecule has 2 aliphatic rings. The van der Waals surface area contributed by atoms with Gasteiger partial charge in [-0.1, -0.05) is 13.8 Å². The van der Waals surface area contributed by atoms with Crippen LogP contribution >= 0.6 is 0 Å². The fourth-order valence-electron chi connectivity index (χ4n) is 3.34. The number of pyridine rings is 1. The van der Waals surface area contributed by atoms with E-state index in [2.05, 4.69) is 15.2 Å². The quantitative estimate of drug-likeness (QED) is 0.495. The van der Waals surface area contributed by atoms with Gasteiger partial charge in [0.15, 0.2) is 6.86 Å². The molecule has 3 heterocycles. The first kappa shape index (κ1) is 23.6. The van der Waals surface area contributed by atoms with E-state index < -0.39 is 12.3 Å². The molecule has 1 unspecified atom stereocenters. The third-order valence-electron chi connectivity index (χ3n) is 5.76. The van der Waals surface area contributed by atoms with Gasteiger partial charge in [0.1, 0.15) is 18.0 Å². The Bertz CT molecular complexity index is 734. The smallest absolute Gasteiger partial charge is 0.270 e. The molecule has 3 rings (SSSR count). The van der Waals surface area contributed by atoms with E-state index in [0.717, 1.165) is 5.69 Å². The molecule has 1 aromatic heterocycles. The number of nitrogens with one attached hydrogen (secondary N) is 1. The summed E-state index contributed by atoms with van der Waals surface area (Å²) in [6.45, 7) is 5.42. The van der Waals surface area contributed by atoms with Crippen LogP contribution in [0.2, 0.25) is 0 Å².